The van der Waals surface area contributed by atoms with Crippen molar-refractivity contribution < 1.29 is 4.79 Å². The van der Waals surface area contributed by atoms with Crippen molar-refractivity contribution >= 4 is 22.9 Å². The van der Waals surface area contributed by atoms with E-state index < -0.39 is 0 Å². The third kappa shape index (κ3) is 2.68. The molecule has 0 aliphatic carbocycles. The molecule has 9 heteroatoms. The van der Waals surface area contributed by atoms with Crippen LogP contribution in [0.1, 0.15) is 24.7 Å². The summed E-state index contributed by atoms with van der Waals surface area (Å²) < 4.78 is 1.99. The van der Waals surface area contributed by atoms with E-state index in [4.69, 9.17) is 0 Å². The number of hydrogen-bond acceptors (Lipinski definition) is 6. The van der Waals surface area contributed by atoms with E-state index in [-0.39, 0.29) is 5.91 Å². The predicted octanol–water partition coefficient (Wildman–Crippen LogP) is 0.914. The molecule has 0 fully saturated rings. The highest BCUT2D eigenvalue weighted by Crippen LogP contribution is 2.17. The van der Waals surface area contributed by atoms with Gasteiger partial charge in [0.15, 0.2) is 11.5 Å². The molecule has 0 saturated heterocycles. The smallest absolute Gasteiger partial charge is 0.219 e. The maximum atomic E-state index is 11.6. The van der Waals surface area contributed by atoms with Crippen LogP contribution in [-0.4, -0.2) is 47.1 Å². The van der Waals surface area contributed by atoms with Crippen LogP contribution in [0.2, 0.25) is 0 Å². The molecule has 4 rings (SSSR count). The number of amides is 1. The Morgan fingerprint density at radius 1 is 1.33 bits per heavy atom. The summed E-state index contributed by atoms with van der Waals surface area (Å²) in [5, 5.41) is 7.90. The summed E-state index contributed by atoms with van der Waals surface area (Å²) in [7, 11) is 0. The van der Waals surface area contributed by atoms with Gasteiger partial charge in [-0.25, -0.2) is 15.0 Å². The normalized spacial score (nSPS) is 14.5. The van der Waals surface area contributed by atoms with Crippen LogP contribution in [0.3, 0.4) is 0 Å². The van der Waals surface area contributed by atoms with Gasteiger partial charge in [-0.05, 0) is 12.5 Å². The fourth-order valence-corrected chi connectivity index (χ4v) is 2.95. The minimum absolute atomic E-state index is 0.104. The average Bonchev–Trinajstić information content (AvgIpc) is 3.15. The zero-order valence-electron chi connectivity index (χ0n) is 13.4. The molecule has 124 valence electrons. The molecule has 3 aromatic rings. The summed E-state index contributed by atoms with van der Waals surface area (Å²) in [6.07, 6.45) is 4.00. The molecule has 3 aromatic heterocycles. The molecule has 0 atom stereocenters. The number of rotatable bonds is 3. The van der Waals surface area contributed by atoms with E-state index >= 15 is 0 Å². The van der Waals surface area contributed by atoms with Gasteiger partial charge in [0.25, 0.3) is 0 Å². The van der Waals surface area contributed by atoms with Crippen molar-refractivity contribution in [3.8, 4) is 0 Å². The minimum Gasteiger partial charge on any atom is -0.362 e. The summed E-state index contributed by atoms with van der Waals surface area (Å²) in [6.45, 7) is 4.38. The highest BCUT2D eigenvalue weighted by Gasteiger charge is 2.18. The topological polar surface area (TPSA) is 105 Å². The number of nitrogens with one attached hydrogen (secondary N) is 2. The lowest BCUT2D eigenvalue weighted by Gasteiger charge is -2.17. The standard InChI is InChI=1S/C15H18N8O/c1-10(24)22-3-2-4-23-12(7-22)5-11(21-23)6-16-14-13-15(18-8-17-13)20-9-19-14/h5,8-9H,2-4,6-7H2,1H3,(H2,16,17,18,19,20). The number of aromatic nitrogens is 6. The maximum Gasteiger partial charge on any atom is 0.219 e. The number of nitrogens with zero attached hydrogens (tertiary/aromatic N) is 6. The van der Waals surface area contributed by atoms with Crippen LogP contribution in [0, 0.1) is 0 Å². The molecule has 0 saturated carbocycles. The van der Waals surface area contributed by atoms with Gasteiger partial charge in [-0.2, -0.15) is 5.10 Å². The van der Waals surface area contributed by atoms with Gasteiger partial charge in [-0.3, -0.25) is 9.48 Å². The molecular weight excluding hydrogens is 308 g/mol. The lowest BCUT2D eigenvalue weighted by molar-refractivity contribution is -0.129. The van der Waals surface area contributed by atoms with E-state index in [2.05, 4.69) is 30.4 Å². The number of carbonyl (C=O) groups is 1. The van der Waals surface area contributed by atoms with Crippen LogP contribution in [0.5, 0.6) is 0 Å². The van der Waals surface area contributed by atoms with E-state index in [9.17, 15) is 4.79 Å². The van der Waals surface area contributed by atoms with E-state index in [1.807, 2.05) is 15.6 Å². The van der Waals surface area contributed by atoms with Crippen LogP contribution in [-0.2, 0) is 24.4 Å². The van der Waals surface area contributed by atoms with E-state index in [0.717, 1.165) is 36.4 Å². The highest BCUT2D eigenvalue weighted by atomic mass is 16.2. The van der Waals surface area contributed by atoms with E-state index in [0.29, 0.717) is 24.6 Å². The zero-order valence-corrected chi connectivity index (χ0v) is 13.4. The van der Waals surface area contributed by atoms with E-state index in [1.54, 1.807) is 13.3 Å². The summed E-state index contributed by atoms with van der Waals surface area (Å²) >= 11 is 0. The molecule has 1 aliphatic rings. The van der Waals surface area contributed by atoms with Crippen LogP contribution < -0.4 is 5.32 Å². The van der Waals surface area contributed by atoms with Crippen molar-refractivity contribution in [1.82, 2.24) is 34.6 Å². The molecule has 1 amide bonds. The van der Waals surface area contributed by atoms with Gasteiger partial charge in [0.05, 0.1) is 30.8 Å². The number of aromatic amines is 1. The van der Waals surface area contributed by atoms with Gasteiger partial charge in [-0.1, -0.05) is 0 Å². The Morgan fingerprint density at radius 3 is 3.12 bits per heavy atom. The third-order valence-corrected chi connectivity index (χ3v) is 4.17. The SMILES string of the molecule is CC(=O)N1CCCn2nc(CNc3ncnc4nc[nH]c34)cc2C1. The molecule has 0 bridgehead atoms. The molecule has 2 N–H and O–H groups in total. The second kappa shape index (κ2) is 5.91. The van der Waals surface area contributed by atoms with Crippen LogP contribution in [0.15, 0.2) is 18.7 Å². The molecule has 4 heterocycles. The van der Waals surface area contributed by atoms with E-state index in [1.165, 1.54) is 6.33 Å². The Hall–Kier alpha value is -2.97. The fourth-order valence-electron chi connectivity index (χ4n) is 2.95. The van der Waals surface area contributed by atoms with Gasteiger partial charge >= 0.3 is 0 Å². The van der Waals surface area contributed by atoms with Crippen molar-refractivity contribution in [3.05, 3.63) is 30.1 Å². The Labute approximate surface area is 138 Å². The molecule has 0 unspecified atom stereocenters. The molecule has 0 spiro atoms. The molecule has 24 heavy (non-hydrogen) atoms. The number of anilines is 1. The number of imidazole rings is 1. The van der Waals surface area contributed by atoms with Crippen molar-refractivity contribution in [2.45, 2.75) is 33.0 Å². The number of fused-ring (bicyclic) bond motifs is 2. The van der Waals surface area contributed by atoms with Crippen molar-refractivity contribution in [2.24, 2.45) is 0 Å². The molecule has 1 aliphatic heterocycles. The van der Waals surface area contributed by atoms with Gasteiger partial charge in [-0.15, -0.1) is 0 Å². The predicted molar refractivity (Wildman–Crippen MR) is 86.9 cm³/mol. The molecule has 0 aromatic carbocycles. The first-order valence-corrected chi connectivity index (χ1v) is 7.90. The highest BCUT2D eigenvalue weighted by molar-refractivity contribution is 5.81. The molecule has 0 radical (unpaired) electrons. The number of carbonyl (C=O) groups excluding carboxylic acids is 1. The summed E-state index contributed by atoms with van der Waals surface area (Å²) in [4.78, 5) is 29.0. The summed E-state index contributed by atoms with van der Waals surface area (Å²) in [5.74, 6) is 0.804. The van der Waals surface area contributed by atoms with Crippen molar-refractivity contribution in [1.29, 1.82) is 0 Å². The first kappa shape index (κ1) is 14.6. The monoisotopic (exact) mass is 326 g/mol. The minimum atomic E-state index is 0.104. The number of H-pyrrole nitrogens is 1. The first-order valence-electron chi connectivity index (χ1n) is 7.90. The van der Waals surface area contributed by atoms with Gasteiger partial charge in [0.2, 0.25) is 5.91 Å². The Balaban J connectivity index is 1.51. The third-order valence-electron chi connectivity index (χ3n) is 4.17. The molecular formula is C15H18N8O. The van der Waals surface area contributed by atoms with Crippen LogP contribution >= 0.6 is 0 Å². The zero-order chi connectivity index (χ0) is 16.5. The lowest BCUT2D eigenvalue weighted by atomic mass is 10.3. The second-order valence-electron chi connectivity index (χ2n) is 5.82. The largest absolute Gasteiger partial charge is 0.362 e. The lowest BCUT2D eigenvalue weighted by Crippen LogP contribution is -2.28. The Bertz CT molecular complexity index is 883. The van der Waals surface area contributed by atoms with Gasteiger partial charge in [0.1, 0.15) is 11.8 Å². The summed E-state index contributed by atoms with van der Waals surface area (Å²) in [5.41, 5.74) is 3.39. The van der Waals surface area contributed by atoms with Gasteiger partial charge < -0.3 is 15.2 Å². The second-order valence-corrected chi connectivity index (χ2v) is 5.82. The first-order chi connectivity index (χ1) is 11.7. The van der Waals surface area contributed by atoms with Crippen molar-refractivity contribution in [3.63, 3.8) is 0 Å². The average molecular weight is 326 g/mol. The van der Waals surface area contributed by atoms with Gasteiger partial charge in [0, 0.05) is 20.0 Å². The van der Waals surface area contributed by atoms with Crippen LogP contribution in [0.4, 0.5) is 5.82 Å². The van der Waals surface area contributed by atoms with Crippen LogP contribution in [0.25, 0.3) is 11.2 Å². The fraction of sp³-hybridized carbons (Fsp3) is 0.400. The molecule has 9 nitrogen and oxygen atoms in total. The number of aryl methyl sites for hydroxylation is 1. The number of hydrogen-bond donors (Lipinski definition) is 2. The Kier molecular flexibility index (Phi) is 3.60. The Morgan fingerprint density at radius 2 is 2.25 bits per heavy atom. The van der Waals surface area contributed by atoms with Crippen molar-refractivity contribution in [2.75, 3.05) is 11.9 Å². The summed E-state index contributed by atoms with van der Waals surface area (Å²) in [6, 6.07) is 2.04. The quantitative estimate of drug-likeness (QED) is 0.741. The maximum absolute atomic E-state index is 11.6.